The minimum absolute atomic E-state index is 0.00221. The Hall–Kier alpha value is -2.54. The summed E-state index contributed by atoms with van der Waals surface area (Å²) in [5.41, 5.74) is 0.0562. The lowest BCUT2D eigenvalue weighted by Crippen LogP contribution is -2.84. The summed E-state index contributed by atoms with van der Waals surface area (Å²) in [5.74, 6) is 1.28. The maximum Gasteiger partial charge on any atom is 0.258 e. The molecule has 0 saturated heterocycles. The van der Waals surface area contributed by atoms with Gasteiger partial charge in [0.1, 0.15) is 23.1 Å². The van der Waals surface area contributed by atoms with Crippen LogP contribution in [0.3, 0.4) is 0 Å². The van der Waals surface area contributed by atoms with Gasteiger partial charge in [0.15, 0.2) is 6.61 Å². The summed E-state index contributed by atoms with van der Waals surface area (Å²) in [6.45, 7) is 1.61. The van der Waals surface area contributed by atoms with Crippen LogP contribution in [-0.4, -0.2) is 29.5 Å². The number of hydrogen-bond acceptors (Lipinski definition) is 4. The average Bonchev–Trinajstić information content (AvgIpc) is 3.42. The van der Waals surface area contributed by atoms with Crippen LogP contribution in [0.5, 0.6) is 5.75 Å². The van der Waals surface area contributed by atoms with Crippen molar-refractivity contribution >= 4 is 23.4 Å². The first-order chi connectivity index (χ1) is 14.3. The van der Waals surface area contributed by atoms with Gasteiger partial charge < -0.3 is 19.8 Å². The molecule has 8 heteroatoms. The highest BCUT2D eigenvalue weighted by Gasteiger charge is 2.69. The van der Waals surface area contributed by atoms with E-state index in [1.165, 1.54) is 12.1 Å². The second-order valence-corrected chi connectivity index (χ2v) is 9.26. The molecule has 2 bridgehead atoms. The topological polar surface area (TPSA) is 80.6 Å². The van der Waals surface area contributed by atoms with Crippen molar-refractivity contribution in [2.75, 3.05) is 6.61 Å². The fourth-order valence-corrected chi connectivity index (χ4v) is 4.83. The van der Waals surface area contributed by atoms with Crippen LogP contribution in [0.25, 0.3) is 0 Å². The maximum absolute atomic E-state index is 13.4. The Morgan fingerprint density at radius 2 is 1.90 bits per heavy atom. The van der Waals surface area contributed by atoms with E-state index in [1.54, 1.807) is 0 Å². The van der Waals surface area contributed by atoms with Gasteiger partial charge in [-0.05, 0) is 57.2 Å². The lowest BCUT2D eigenvalue weighted by molar-refractivity contribution is -0.141. The summed E-state index contributed by atoms with van der Waals surface area (Å²) in [4.78, 5) is 24.9. The zero-order valence-corrected chi connectivity index (χ0v) is 17.3. The fraction of sp³-hybridized carbons (Fsp3) is 0.455. The first kappa shape index (κ1) is 19.4. The molecule has 2 amide bonds. The van der Waals surface area contributed by atoms with Crippen molar-refractivity contribution < 1.29 is 23.1 Å². The summed E-state index contributed by atoms with van der Waals surface area (Å²) in [6, 6.07) is 5.90. The van der Waals surface area contributed by atoms with Gasteiger partial charge in [0.2, 0.25) is 0 Å². The number of carbonyl (C=O) groups excluding carboxylic acids is 2. The van der Waals surface area contributed by atoms with E-state index in [-0.39, 0.29) is 40.3 Å². The Morgan fingerprint density at radius 1 is 1.20 bits per heavy atom. The molecule has 4 aliphatic rings. The van der Waals surface area contributed by atoms with Crippen LogP contribution in [0.1, 0.15) is 59.9 Å². The maximum atomic E-state index is 13.4. The van der Waals surface area contributed by atoms with Crippen LogP contribution in [0.2, 0.25) is 5.02 Å². The molecule has 0 radical (unpaired) electrons. The second kappa shape index (κ2) is 6.74. The molecule has 2 aromatic rings. The number of hydrogen-bond donors (Lipinski definition) is 2. The number of furan rings is 1. The van der Waals surface area contributed by atoms with Gasteiger partial charge in [-0.25, -0.2) is 4.39 Å². The van der Waals surface area contributed by atoms with E-state index in [0.29, 0.717) is 36.5 Å². The third kappa shape index (κ3) is 3.45. The molecule has 0 aliphatic heterocycles. The molecule has 4 aliphatic carbocycles. The number of carbonyl (C=O) groups is 2. The minimum atomic E-state index is -0.594. The van der Waals surface area contributed by atoms with Crippen molar-refractivity contribution in [1.29, 1.82) is 0 Å². The summed E-state index contributed by atoms with van der Waals surface area (Å²) < 4.78 is 24.5. The van der Waals surface area contributed by atoms with Crippen LogP contribution in [-0.2, 0) is 4.79 Å². The number of aryl methyl sites for hydroxylation is 1. The van der Waals surface area contributed by atoms with Gasteiger partial charge in [0.25, 0.3) is 11.8 Å². The van der Waals surface area contributed by atoms with E-state index in [4.69, 9.17) is 20.8 Å². The lowest BCUT2D eigenvalue weighted by atomic mass is 9.44. The first-order valence-electron chi connectivity index (χ1n) is 10.1. The van der Waals surface area contributed by atoms with Gasteiger partial charge in [0.05, 0.1) is 10.6 Å². The number of nitrogens with one attached hydrogen (secondary N) is 2. The number of halogens is 2. The molecule has 2 N–H and O–H groups in total. The molecular formula is C22H22ClFN2O4. The summed E-state index contributed by atoms with van der Waals surface area (Å²) in [5, 5.41) is 6.10. The van der Waals surface area contributed by atoms with E-state index >= 15 is 0 Å². The normalized spacial score (nSPS) is 26.4. The molecule has 4 fully saturated rings. The molecule has 6 rings (SSSR count). The summed E-state index contributed by atoms with van der Waals surface area (Å²) >= 11 is 5.63. The van der Waals surface area contributed by atoms with Gasteiger partial charge in [-0.3, -0.25) is 9.59 Å². The van der Waals surface area contributed by atoms with E-state index in [0.717, 1.165) is 24.7 Å². The third-order valence-electron chi connectivity index (χ3n) is 6.24. The minimum Gasteiger partial charge on any atom is -0.484 e. The van der Waals surface area contributed by atoms with E-state index < -0.39 is 5.82 Å². The van der Waals surface area contributed by atoms with Gasteiger partial charge in [-0.1, -0.05) is 11.6 Å². The van der Waals surface area contributed by atoms with Crippen molar-refractivity contribution in [2.24, 2.45) is 0 Å². The Morgan fingerprint density at radius 3 is 2.57 bits per heavy atom. The van der Waals surface area contributed by atoms with Gasteiger partial charge in [-0.15, -0.1) is 0 Å². The highest BCUT2D eigenvalue weighted by molar-refractivity contribution is 6.30. The SMILES string of the molecule is Cc1oc(C2CC2)cc1C(=O)NC12CC(NC(=O)COc3ccc(Cl)c(F)c3)(C1)C2. The fourth-order valence-electron chi connectivity index (χ4n) is 4.71. The predicted octanol–water partition coefficient (Wildman–Crippen LogP) is 3.86. The lowest BCUT2D eigenvalue weighted by Gasteiger charge is -2.70. The molecule has 1 heterocycles. The number of ether oxygens (including phenoxy) is 1. The van der Waals surface area contributed by atoms with Crippen molar-refractivity contribution in [2.45, 2.75) is 56.0 Å². The standard InChI is InChI=1S/C22H22ClFN2O4/c1-12-15(7-18(30-12)13-2-3-13)20(28)26-22-9-21(10-22,11-22)25-19(27)8-29-14-4-5-16(23)17(24)6-14/h4-7,13H,2-3,8-11H2,1H3,(H,25,27)(H,26,28). The van der Waals surface area contributed by atoms with Crippen LogP contribution in [0.15, 0.2) is 28.7 Å². The van der Waals surface area contributed by atoms with Crippen LogP contribution < -0.4 is 15.4 Å². The number of amides is 2. The van der Waals surface area contributed by atoms with Crippen LogP contribution >= 0.6 is 11.6 Å². The first-order valence-corrected chi connectivity index (χ1v) is 10.5. The molecular weight excluding hydrogens is 411 g/mol. The zero-order valence-electron chi connectivity index (χ0n) is 16.5. The average molecular weight is 433 g/mol. The van der Waals surface area contributed by atoms with E-state index in [9.17, 15) is 14.0 Å². The molecule has 158 valence electrons. The molecule has 0 spiro atoms. The largest absolute Gasteiger partial charge is 0.484 e. The summed E-state index contributed by atoms with van der Waals surface area (Å²) in [7, 11) is 0. The highest BCUT2D eigenvalue weighted by Crippen LogP contribution is 2.60. The van der Waals surface area contributed by atoms with Crippen LogP contribution in [0.4, 0.5) is 4.39 Å². The van der Waals surface area contributed by atoms with Gasteiger partial charge in [0, 0.05) is 23.1 Å². The zero-order chi connectivity index (χ0) is 21.1. The number of rotatable bonds is 7. The van der Waals surface area contributed by atoms with Gasteiger partial charge >= 0.3 is 0 Å². The van der Waals surface area contributed by atoms with Gasteiger partial charge in [-0.2, -0.15) is 0 Å². The van der Waals surface area contributed by atoms with Crippen molar-refractivity contribution in [3.63, 3.8) is 0 Å². The van der Waals surface area contributed by atoms with Crippen molar-refractivity contribution in [1.82, 2.24) is 10.6 Å². The Balaban J connectivity index is 1.10. The van der Waals surface area contributed by atoms with Crippen molar-refractivity contribution in [3.8, 4) is 5.75 Å². The quantitative estimate of drug-likeness (QED) is 0.696. The molecule has 1 aromatic heterocycles. The van der Waals surface area contributed by atoms with Crippen molar-refractivity contribution in [3.05, 3.63) is 52.2 Å². The Labute approximate surface area is 178 Å². The molecule has 30 heavy (non-hydrogen) atoms. The highest BCUT2D eigenvalue weighted by atomic mass is 35.5. The third-order valence-corrected chi connectivity index (χ3v) is 6.54. The molecule has 0 unspecified atom stereocenters. The molecule has 1 aromatic carbocycles. The van der Waals surface area contributed by atoms with E-state index in [2.05, 4.69) is 10.6 Å². The number of benzene rings is 1. The monoisotopic (exact) mass is 432 g/mol. The second-order valence-electron chi connectivity index (χ2n) is 8.85. The molecule has 0 atom stereocenters. The Kier molecular flexibility index (Phi) is 4.36. The molecule has 6 nitrogen and oxygen atoms in total. The van der Waals surface area contributed by atoms with E-state index in [1.807, 2.05) is 13.0 Å². The summed E-state index contributed by atoms with van der Waals surface area (Å²) in [6.07, 6.45) is 4.33. The van der Waals surface area contributed by atoms with Crippen LogP contribution in [0, 0.1) is 12.7 Å². The predicted molar refractivity (Wildman–Crippen MR) is 107 cm³/mol. The Bertz CT molecular complexity index is 1030. The molecule has 4 saturated carbocycles. The smallest absolute Gasteiger partial charge is 0.258 e.